The van der Waals surface area contributed by atoms with Crippen LogP contribution in [0.2, 0.25) is 0 Å². The highest BCUT2D eigenvalue weighted by atomic mass is 32.1. The van der Waals surface area contributed by atoms with E-state index in [2.05, 4.69) is 49.5 Å². The lowest BCUT2D eigenvalue weighted by atomic mass is 10.1. The first-order chi connectivity index (χ1) is 23.1. The van der Waals surface area contributed by atoms with Gasteiger partial charge in [-0.2, -0.15) is 12.6 Å². The van der Waals surface area contributed by atoms with E-state index in [9.17, 15) is 29.1 Å². The molecule has 0 saturated carbocycles. The summed E-state index contributed by atoms with van der Waals surface area (Å²) in [7, 11) is 0. The number of nitrogens with two attached hydrogens (primary N) is 2. The summed E-state index contributed by atoms with van der Waals surface area (Å²) in [6.07, 6.45) is 3.06. The maximum absolute atomic E-state index is 13.5. The molecule has 2 rings (SSSR count). The van der Waals surface area contributed by atoms with Crippen LogP contribution >= 0.6 is 12.6 Å². The van der Waals surface area contributed by atoms with Crippen LogP contribution in [0.25, 0.3) is 0 Å². The van der Waals surface area contributed by atoms with Gasteiger partial charge in [0.2, 0.25) is 23.6 Å². The van der Waals surface area contributed by atoms with Crippen LogP contribution < -0.4 is 43.4 Å². The van der Waals surface area contributed by atoms with Crippen LogP contribution in [0.3, 0.4) is 0 Å². The van der Waals surface area contributed by atoms with Gasteiger partial charge in [-0.3, -0.25) is 35.2 Å². The lowest BCUT2D eigenvalue weighted by Gasteiger charge is -2.26. The maximum atomic E-state index is 13.5. The van der Waals surface area contributed by atoms with E-state index in [-0.39, 0.29) is 58.0 Å². The average Bonchev–Trinajstić information content (AvgIpc) is 3.06. The van der Waals surface area contributed by atoms with Crippen molar-refractivity contribution >= 4 is 42.3 Å². The van der Waals surface area contributed by atoms with Gasteiger partial charge in [0.15, 0.2) is 6.35 Å². The zero-order valence-electron chi connectivity index (χ0n) is 26.9. The number of carbonyl (C=O) groups is 5. The number of urea groups is 1. The fraction of sp³-hybridized carbons (Fsp3) is 0.484. The number of hydrogen-bond acceptors (Lipinski definition) is 11. The first-order valence-electron chi connectivity index (χ1n) is 15.7. The summed E-state index contributed by atoms with van der Waals surface area (Å²) in [6.45, 7) is 0.879. The van der Waals surface area contributed by atoms with Gasteiger partial charge in [-0.1, -0.05) is 36.4 Å². The lowest BCUT2D eigenvalue weighted by Crippen LogP contribution is -2.55. The molecule has 0 aliphatic rings. The monoisotopic (exact) mass is 688 g/mol. The van der Waals surface area contributed by atoms with Crippen LogP contribution in [0.15, 0.2) is 54.9 Å². The van der Waals surface area contributed by atoms with Crippen molar-refractivity contribution < 1.29 is 29.1 Å². The van der Waals surface area contributed by atoms with E-state index in [1.807, 2.05) is 36.4 Å². The molecule has 0 aliphatic heterocycles. The molecule has 17 heteroatoms. The molecule has 0 spiro atoms. The van der Waals surface area contributed by atoms with Crippen LogP contribution in [-0.4, -0.2) is 102 Å². The number of amides is 6. The number of aliphatic hydroxyl groups excluding tert-OH is 1. The predicted molar refractivity (Wildman–Crippen MR) is 183 cm³/mol. The van der Waals surface area contributed by atoms with Crippen LogP contribution in [0.1, 0.15) is 36.8 Å². The summed E-state index contributed by atoms with van der Waals surface area (Å²) in [5.41, 5.74) is 12.2. The first-order valence-corrected chi connectivity index (χ1v) is 16.3. The molecule has 1 aromatic carbocycles. The number of thiol groups is 1. The maximum Gasteiger partial charge on any atom is 0.312 e. The van der Waals surface area contributed by atoms with Gasteiger partial charge < -0.3 is 42.3 Å². The molecule has 0 bridgehead atoms. The molecule has 0 fully saturated rings. The molecule has 1 aromatic heterocycles. The number of carbonyl (C=O) groups excluding carboxylic acids is 5. The summed E-state index contributed by atoms with van der Waals surface area (Å²) >= 11 is 4.10. The molecule has 6 amide bonds. The molecule has 11 N–H and O–H groups in total. The third kappa shape index (κ3) is 17.0. The number of benzene rings is 1. The minimum absolute atomic E-state index is 0.0420. The van der Waals surface area contributed by atoms with E-state index in [1.54, 1.807) is 18.5 Å². The van der Waals surface area contributed by atoms with Crippen LogP contribution in [0.4, 0.5) is 4.79 Å². The quantitative estimate of drug-likeness (QED) is 0.0359. The van der Waals surface area contributed by atoms with Crippen molar-refractivity contribution in [1.82, 2.24) is 41.8 Å². The number of aromatic nitrogens is 1. The van der Waals surface area contributed by atoms with E-state index in [0.717, 1.165) is 11.1 Å². The van der Waals surface area contributed by atoms with Crippen LogP contribution in [0, 0.1) is 0 Å². The molecular weight excluding hydrogens is 640 g/mol. The Labute approximate surface area is 286 Å². The van der Waals surface area contributed by atoms with Gasteiger partial charge in [0.05, 0.1) is 13.1 Å². The lowest BCUT2D eigenvalue weighted by molar-refractivity contribution is -0.137. The molecule has 2 unspecified atom stereocenters. The van der Waals surface area contributed by atoms with Gasteiger partial charge in [0.1, 0.15) is 12.1 Å². The van der Waals surface area contributed by atoms with E-state index in [4.69, 9.17) is 11.5 Å². The minimum Gasteiger partial charge on any atom is -0.366 e. The van der Waals surface area contributed by atoms with Crippen molar-refractivity contribution in [3.05, 3.63) is 66.0 Å². The van der Waals surface area contributed by atoms with Gasteiger partial charge in [0.25, 0.3) is 0 Å². The average molecular weight is 689 g/mol. The molecule has 3 atom stereocenters. The smallest absolute Gasteiger partial charge is 0.312 e. The fourth-order valence-corrected chi connectivity index (χ4v) is 4.68. The Morgan fingerprint density at radius 1 is 0.875 bits per heavy atom. The molecule has 0 saturated heterocycles. The van der Waals surface area contributed by atoms with Crippen molar-refractivity contribution in [1.29, 1.82) is 0 Å². The zero-order valence-corrected chi connectivity index (χ0v) is 27.8. The second-order valence-electron chi connectivity index (χ2n) is 10.9. The number of aliphatic hydroxyl groups is 1. The molecule has 48 heavy (non-hydrogen) atoms. The van der Waals surface area contributed by atoms with Gasteiger partial charge in [-0.05, 0) is 49.4 Å². The number of rotatable bonds is 23. The van der Waals surface area contributed by atoms with Gasteiger partial charge >= 0.3 is 6.03 Å². The number of hydrogen-bond donors (Lipinski definition) is 10. The number of primary amides is 1. The van der Waals surface area contributed by atoms with Crippen molar-refractivity contribution in [2.75, 3.05) is 38.5 Å². The first kappa shape index (κ1) is 39.9. The number of nitrogens with zero attached hydrogens (tertiary/aromatic N) is 2. The third-order valence-corrected chi connectivity index (χ3v) is 7.14. The van der Waals surface area contributed by atoms with Crippen molar-refractivity contribution in [3.63, 3.8) is 0 Å². The summed E-state index contributed by atoms with van der Waals surface area (Å²) in [6, 6.07) is 10.1. The minimum atomic E-state index is -1.26. The zero-order chi connectivity index (χ0) is 35.1. The molecule has 16 nitrogen and oxygen atoms in total. The van der Waals surface area contributed by atoms with E-state index < -0.39 is 42.2 Å². The normalized spacial score (nSPS) is 12.6. The highest BCUT2D eigenvalue weighted by Gasteiger charge is 2.27. The van der Waals surface area contributed by atoms with E-state index in [1.165, 1.54) is 4.90 Å². The Kier molecular flexibility index (Phi) is 19.2. The molecule has 0 aliphatic carbocycles. The predicted octanol–water partition coefficient (Wildman–Crippen LogP) is -1.73. The Morgan fingerprint density at radius 2 is 1.56 bits per heavy atom. The van der Waals surface area contributed by atoms with Gasteiger partial charge in [-0.15, -0.1) is 0 Å². The number of nitrogens with one attached hydrogen (secondary N) is 6. The molecular formula is C31H48N10O6S. The Morgan fingerprint density at radius 3 is 2.21 bits per heavy atom. The molecule has 1 heterocycles. The second-order valence-corrected chi connectivity index (χ2v) is 11.3. The fourth-order valence-electron chi connectivity index (χ4n) is 4.56. The Hall–Kier alpha value is -4.29. The molecule has 2 aromatic rings. The van der Waals surface area contributed by atoms with Crippen molar-refractivity contribution in [3.8, 4) is 0 Å². The van der Waals surface area contributed by atoms with Crippen LogP contribution in [-0.2, 0) is 32.3 Å². The standard InChI is InChI=1S/C31H48N10O6S/c32-30(46)37-13-5-10-24(28(44)36-15-16-48)40-29(45)25(11-6-14-38-31(33)47)39-26(42)21-41(20-22-7-2-1-3-8-22)27(43)19-35-18-23-9-4-12-34-17-23/h1-4,7-9,12,17,24-25,31,35,38,47-48H,5-6,10-11,13-16,18-21,33H2,(H,36,44)(H,39,42)(H,40,45)(H3,32,37,46)/t24?,25?,31-/m1/s1. The van der Waals surface area contributed by atoms with Gasteiger partial charge in [0, 0.05) is 44.3 Å². The Balaban J connectivity index is 2.15. The summed E-state index contributed by atoms with van der Waals surface area (Å²) in [4.78, 5) is 69.6. The molecule has 0 radical (unpaired) electrons. The molecule has 264 valence electrons. The topological polar surface area (TPSA) is 246 Å². The van der Waals surface area contributed by atoms with Crippen molar-refractivity contribution in [2.24, 2.45) is 11.5 Å². The third-order valence-electron chi connectivity index (χ3n) is 6.92. The van der Waals surface area contributed by atoms with Crippen molar-refractivity contribution in [2.45, 2.75) is 57.2 Å². The second kappa shape index (κ2) is 23.1. The summed E-state index contributed by atoms with van der Waals surface area (Å²) < 4.78 is 0. The largest absolute Gasteiger partial charge is 0.366 e. The van der Waals surface area contributed by atoms with E-state index in [0.29, 0.717) is 25.1 Å². The summed E-state index contributed by atoms with van der Waals surface area (Å²) in [5.74, 6) is -1.60. The SMILES string of the molecule is NC(=O)NCCCC(NC(=O)C(CCCN[C@@H](N)O)NC(=O)CN(Cc1ccccc1)C(=O)CNCc1cccnc1)C(=O)NCCS. The van der Waals surface area contributed by atoms with Gasteiger partial charge in [-0.25, -0.2) is 4.79 Å². The summed E-state index contributed by atoms with van der Waals surface area (Å²) in [5, 5.41) is 25.6. The van der Waals surface area contributed by atoms with E-state index >= 15 is 0 Å². The number of pyridine rings is 1. The highest BCUT2D eigenvalue weighted by molar-refractivity contribution is 7.80. The Bertz CT molecular complexity index is 1270. The highest BCUT2D eigenvalue weighted by Crippen LogP contribution is 2.07. The van der Waals surface area contributed by atoms with Crippen LogP contribution in [0.5, 0.6) is 0 Å².